The number of carboxylic acid groups (broad SMARTS) is 1. The molecule has 0 spiro atoms. The molecule has 2 N–H and O–H groups in total. The summed E-state index contributed by atoms with van der Waals surface area (Å²) in [6, 6.07) is 2.83. The molecule has 0 radical (unpaired) electrons. The van der Waals surface area contributed by atoms with Gasteiger partial charge in [0.2, 0.25) is 0 Å². The third-order valence-corrected chi connectivity index (χ3v) is 2.71. The molecule has 0 atom stereocenters. The third-order valence-electron chi connectivity index (χ3n) is 2.21. The number of carbonyl (C=O) groups excluding carboxylic acids is 1. The number of carbonyl (C=O) groups is 2. The molecule has 2 aromatic heterocycles. The van der Waals surface area contributed by atoms with E-state index in [2.05, 4.69) is 15.4 Å². The summed E-state index contributed by atoms with van der Waals surface area (Å²) in [6.07, 6.45) is 2.73. The summed E-state index contributed by atoms with van der Waals surface area (Å²) in [5, 5.41) is 15.4. The molecule has 0 aliphatic carbocycles. The van der Waals surface area contributed by atoms with Gasteiger partial charge in [0.05, 0.1) is 10.0 Å². The molecule has 20 heavy (non-hydrogen) atoms. The number of aromatic nitrogens is 3. The highest BCUT2D eigenvalue weighted by Crippen LogP contribution is 2.22. The molecule has 0 bridgehead atoms. The van der Waals surface area contributed by atoms with E-state index in [0.717, 1.165) is 4.68 Å². The lowest BCUT2D eigenvalue weighted by Gasteiger charge is -2.04. The van der Waals surface area contributed by atoms with Gasteiger partial charge in [0.25, 0.3) is 5.91 Å². The van der Waals surface area contributed by atoms with Gasteiger partial charge in [-0.15, -0.1) is 0 Å². The minimum absolute atomic E-state index is 0.0547. The molecular weight excluding hydrogens is 307 g/mol. The van der Waals surface area contributed by atoms with Crippen molar-refractivity contribution in [3.63, 3.8) is 0 Å². The van der Waals surface area contributed by atoms with Crippen molar-refractivity contribution in [2.75, 3.05) is 5.32 Å². The first kappa shape index (κ1) is 14.3. The zero-order valence-corrected chi connectivity index (χ0v) is 11.4. The van der Waals surface area contributed by atoms with Crippen molar-refractivity contribution in [2.24, 2.45) is 0 Å². The Hall–Kier alpha value is -2.12. The smallest absolute Gasteiger partial charge is 0.325 e. The maximum atomic E-state index is 11.9. The van der Waals surface area contributed by atoms with Crippen molar-refractivity contribution in [2.45, 2.75) is 6.54 Å². The molecule has 0 unspecified atom stereocenters. The normalized spacial score (nSPS) is 10.3. The van der Waals surface area contributed by atoms with Gasteiger partial charge in [-0.05, 0) is 12.1 Å². The quantitative estimate of drug-likeness (QED) is 0.898. The monoisotopic (exact) mass is 314 g/mol. The van der Waals surface area contributed by atoms with Crippen LogP contribution >= 0.6 is 23.2 Å². The predicted molar refractivity (Wildman–Crippen MR) is 72.1 cm³/mol. The number of hydrogen-bond donors (Lipinski definition) is 2. The zero-order chi connectivity index (χ0) is 14.7. The average molecular weight is 315 g/mol. The van der Waals surface area contributed by atoms with Crippen LogP contribution in [0.5, 0.6) is 0 Å². The second-order valence-corrected chi connectivity index (χ2v) is 4.57. The lowest BCUT2D eigenvalue weighted by Crippen LogP contribution is -2.15. The standard InChI is InChI=1S/C11H8Cl2N4O3/c12-6-3-7(13)10(14-4-6)15-11(20)8-1-2-17(16-8)5-9(18)19/h1-4H,5H2,(H,18,19)(H,14,15,20). The SMILES string of the molecule is O=C(O)Cn1ccc(C(=O)Nc2ncc(Cl)cc2Cl)n1. The topological polar surface area (TPSA) is 97.1 Å². The Labute approximate surface area is 123 Å². The molecule has 104 valence electrons. The summed E-state index contributed by atoms with van der Waals surface area (Å²) in [6.45, 7) is -0.326. The Kier molecular flexibility index (Phi) is 4.21. The largest absolute Gasteiger partial charge is 0.480 e. The third kappa shape index (κ3) is 3.46. The van der Waals surface area contributed by atoms with Crippen molar-refractivity contribution in [1.82, 2.24) is 14.8 Å². The van der Waals surface area contributed by atoms with Crippen LogP contribution in [0.15, 0.2) is 24.5 Å². The number of hydrogen-bond acceptors (Lipinski definition) is 4. The molecule has 2 aromatic rings. The van der Waals surface area contributed by atoms with E-state index in [1.807, 2.05) is 0 Å². The van der Waals surface area contributed by atoms with E-state index >= 15 is 0 Å². The highest BCUT2D eigenvalue weighted by Gasteiger charge is 2.13. The fourth-order valence-electron chi connectivity index (χ4n) is 1.39. The fraction of sp³-hybridized carbons (Fsp3) is 0.0909. The van der Waals surface area contributed by atoms with Crippen LogP contribution in [-0.2, 0) is 11.3 Å². The molecule has 0 aromatic carbocycles. The van der Waals surface area contributed by atoms with Gasteiger partial charge in [-0.25, -0.2) is 4.98 Å². The zero-order valence-electron chi connectivity index (χ0n) is 9.88. The second-order valence-electron chi connectivity index (χ2n) is 3.73. The molecule has 2 heterocycles. The van der Waals surface area contributed by atoms with Gasteiger partial charge >= 0.3 is 5.97 Å². The van der Waals surface area contributed by atoms with E-state index in [9.17, 15) is 9.59 Å². The number of nitrogens with zero attached hydrogens (tertiary/aromatic N) is 3. The van der Waals surface area contributed by atoms with Crippen LogP contribution in [0, 0.1) is 0 Å². The summed E-state index contributed by atoms with van der Waals surface area (Å²) >= 11 is 11.6. The number of anilines is 1. The van der Waals surface area contributed by atoms with Gasteiger partial charge in [0.15, 0.2) is 11.5 Å². The highest BCUT2D eigenvalue weighted by molar-refractivity contribution is 6.36. The summed E-state index contributed by atoms with van der Waals surface area (Å²) in [5.41, 5.74) is 0.0547. The minimum atomic E-state index is -1.05. The molecule has 9 heteroatoms. The Morgan fingerprint density at radius 3 is 2.80 bits per heavy atom. The van der Waals surface area contributed by atoms with Gasteiger partial charge in [0.1, 0.15) is 6.54 Å². The molecule has 0 saturated heterocycles. The lowest BCUT2D eigenvalue weighted by molar-refractivity contribution is -0.137. The van der Waals surface area contributed by atoms with Gasteiger partial charge in [-0.3, -0.25) is 14.3 Å². The molecular formula is C11H8Cl2N4O3. The van der Waals surface area contributed by atoms with Gasteiger partial charge < -0.3 is 10.4 Å². The Morgan fingerprint density at radius 1 is 1.40 bits per heavy atom. The number of aliphatic carboxylic acids is 1. The summed E-state index contributed by atoms with van der Waals surface area (Å²) in [4.78, 5) is 26.3. The number of rotatable bonds is 4. The second kappa shape index (κ2) is 5.89. The summed E-state index contributed by atoms with van der Waals surface area (Å²) < 4.78 is 1.13. The fourth-order valence-corrected chi connectivity index (χ4v) is 1.81. The lowest BCUT2D eigenvalue weighted by atomic mass is 10.4. The molecule has 0 fully saturated rings. The van der Waals surface area contributed by atoms with Crippen LogP contribution in [0.2, 0.25) is 10.0 Å². The van der Waals surface area contributed by atoms with E-state index < -0.39 is 11.9 Å². The molecule has 0 aliphatic rings. The Bertz CT molecular complexity index is 671. The van der Waals surface area contributed by atoms with E-state index in [-0.39, 0.29) is 23.1 Å². The first-order valence-corrected chi connectivity index (χ1v) is 6.09. The van der Waals surface area contributed by atoms with Crippen LogP contribution in [0.3, 0.4) is 0 Å². The van der Waals surface area contributed by atoms with E-state index in [0.29, 0.717) is 5.02 Å². The molecule has 7 nitrogen and oxygen atoms in total. The van der Waals surface area contributed by atoms with Crippen LogP contribution in [-0.4, -0.2) is 31.7 Å². The number of pyridine rings is 1. The predicted octanol–water partition coefficient (Wildman–Crippen LogP) is 1.92. The summed E-state index contributed by atoms with van der Waals surface area (Å²) in [5.74, 6) is -1.46. The van der Waals surface area contributed by atoms with Crippen molar-refractivity contribution in [1.29, 1.82) is 0 Å². The molecule has 0 aliphatic heterocycles. The van der Waals surface area contributed by atoms with Crippen LogP contribution in [0.25, 0.3) is 0 Å². The van der Waals surface area contributed by atoms with E-state index in [1.165, 1.54) is 24.5 Å². The first-order chi connectivity index (χ1) is 9.45. The first-order valence-electron chi connectivity index (χ1n) is 5.33. The number of halogens is 2. The highest BCUT2D eigenvalue weighted by atomic mass is 35.5. The minimum Gasteiger partial charge on any atom is -0.480 e. The van der Waals surface area contributed by atoms with Crippen molar-refractivity contribution in [3.8, 4) is 0 Å². The number of amides is 1. The maximum Gasteiger partial charge on any atom is 0.325 e. The number of nitrogens with one attached hydrogen (secondary N) is 1. The van der Waals surface area contributed by atoms with Gasteiger partial charge in [-0.2, -0.15) is 5.10 Å². The van der Waals surface area contributed by atoms with Crippen LogP contribution in [0.1, 0.15) is 10.5 Å². The Morgan fingerprint density at radius 2 is 2.15 bits per heavy atom. The number of carboxylic acids is 1. The summed E-state index contributed by atoms with van der Waals surface area (Å²) in [7, 11) is 0. The van der Waals surface area contributed by atoms with Crippen LogP contribution < -0.4 is 5.32 Å². The van der Waals surface area contributed by atoms with Gasteiger partial charge in [0, 0.05) is 12.4 Å². The van der Waals surface area contributed by atoms with Crippen molar-refractivity contribution >= 4 is 40.9 Å². The van der Waals surface area contributed by atoms with Crippen molar-refractivity contribution in [3.05, 3.63) is 40.3 Å². The van der Waals surface area contributed by atoms with Crippen LogP contribution in [0.4, 0.5) is 5.82 Å². The molecule has 1 amide bonds. The van der Waals surface area contributed by atoms with Crippen molar-refractivity contribution < 1.29 is 14.7 Å². The molecule has 0 saturated carbocycles. The average Bonchev–Trinajstić information content (AvgIpc) is 2.80. The maximum absolute atomic E-state index is 11.9. The van der Waals surface area contributed by atoms with E-state index in [4.69, 9.17) is 28.3 Å². The molecule has 2 rings (SSSR count). The van der Waals surface area contributed by atoms with Gasteiger partial charge in [-0.1, -0.05) is 23.2 Å². The van der Waals surface area contributed by atoms with E-state index in [1.54, 1.807) is 0 Å². The Balaban J connectivity index is 2.11.